The second-order valence-corrected chi connectivity index (χ2v) is 2.33. The van der Waals surface area contributed by atoms with Gasteiger partial charge in [-0.05, 0) is 19.8 Å². The van der Waals surface area contributed by atoms with Crippen molar-refractivity contribution in [2.45, 2.75) is 25.1 Å². The maximum absolute atomic E-state index is 5.76. The van der Waals surface area contributed by atoms with Gasteiger partial charge in [0.1, 0.15) is 0 Å². The standard InChI is InChI=1S/C7H12Cl/c1-3-5-6-7(8)4-2/h3,5,7H,1,4,6H2,2H3/b5-3+. The Morgan fingerprint density at radius 2 is 2.38 bits per heavy atom. The van der Waals surface area contributed by atoms with Crippen LogP contribution in [0.1, 0.15) is 19.8 Å². The van der Waals surface area contributed by atoms with E-state index in [9.17, 15) is 0 Å². The number of allylic oxidation sites excluding steroid dienone is 2. The molecule has 0 N–H and O–H groups in total. The van der Waals surface area contributed by atoms with Crippen molar-refractivity contribution >= 4 is 11.6 Å². The zero-order valence-corrected chi connectivity index (χ0v) is 5.99. The van der Waals surface area contributed by atoms with Crippen molar-refractivity contribution in [3.05, 3.63) is 19.1 Å². The molecule has 0 nitrogen and oxygen atoms in total. The van der Waals surface area contributed by atoms with E-state index in [1.54, 1.807) is 6.08 Å². The third-order valence-corrected chi connectivity index (χ3v) is 1.49. The van der Waals surface area contributed by atoms with Crippen LogP contribution in [0.25, 0.3) is 0 Å². The van der Waals surface area contributed by atoms with E-state index in [1.165, 1.54) is 0 Å². The first kappa shape index (κ1) is 8.03. The Morgan fingerprint density at radius 3 is 2.75 bits per heavy atom. The van der Waals surface area contributed by atoms with E-state index in [0.29, 0.717) is 5.38 Å². The van der Waals surface area contributed by atoms with Crippen molar-refractivity contribution < 1.29 is 0 Å². The maximum Gasteiger partial charge on any atom is 0.0367 e. The van der Waals surface area contributed by atoms with E-state index in [4.69, 9.17) is 11.6 Å². The third kappa shape index (κ3) is 4.20. The van der Waals surface area contributed by atoms with Crippen LogP contribution in [-0.4, -0.2) is 5.38 Å². The Kier molecular flexibility index (Phi) is 5.19. The predicted molar refractivity (Wildman–Crippen MR) is 39.0 cm³/mol. The van der Waals surface area contributed by atoms with Crippen LogP contribution >= 0.6 is 11.6 Å². The molecule has 0 aliphatic heterocycles. The van der Waals surface area contributed by atoms with E-state index in [0.717, 1.165) is 12.8 Å². The molecule has 47 valence electrons. The molecule has 1 atom stereocenters. The molecule has 1 heteroatoms. The van der Waals surface area contributed by atoms with E-state index in [2.05, 4.69) is 13.8 Å². The summed E-state index contributed by atoms with van der Waals surface area (Å²) in [5.41, 5.74) is 0. The summed E-state index contributed by atoms with van der Waals surface area (Å²) in [5.74, 6) is 0. The number of alkyl halides is 1. The van der Waals surface area contributed by atoms with Gasteiger partial charge >= 0.3 is 0 Å². The monoisotopic (exact) mass is 131 g/mol. The van der Waals surface area contributed by atoms with Gasteiger partial charge in [0.15, 0.2) is 0 Å². The van der Waals surface area contributed by atoms with Crippen molar-refractivity contribution in [1.29, 1.82) is 0 Å². The zero-order chi connectivity index (χ0) is 6.41. The summed E-state index contributed by atoms with van der Waals surface area (Å²) in [7, 11) is 0. The van der Waals surface area contributed by atoms with Gasteiger partial charge in [-0.2, -0.15) is 0 Å². The van der Waals surface area contributed by atoms with E-state index >= 15 is 0 Å². The first-order valence-electron chi connectivity index (χ1n) is 2.89. The van der Waals surface area contributed by atoms with E-state index in [1.807, 2.05) is 6.08 Å². The molecule has 0 amide bonds. The van der Waals surface area contributed by atoms with Gasteiger partial charge < -0.3 is 0 Å². The molecule has 0 aromatic carbocycles. The molecule has 0 aliphatic carbocycles. The molecule has 8 heavy (non-hydrogen) atoms. The molecule has 0 fully saturated rings. The molecule has 0 aromatic rings. The maximum atomic E-state index is 5.76. The fraction of sp³-hybridized carbons (Fsp3) is 0.571. The lowest BCUT2D eigenvalue weighted by atomic mass is 10.2. The SMILES string of the molecule is [CH2]/C=C/CC(Cl)CC. The second-order valence-electron chi connectivity index (χ2n) is 1.71. The molecule has 0 saturated carbocycles. The minimum Gasteiger partial charge on any atom is -0.123 e. The molecule has 1 unspecified atom stereocenters. The van der Waals surface area contributed by atoms with Gasteiger partial charge in [0.25, 0.3) is 0 Å². The minimum atomic E-state index is 0.299. The van der Waals surface area contributed by atoms with Crippen molar-refractivity contribution in [3.8, 4) is 0 Å². The van der Waals surface area contributed by atoms with Gasteiger partial charge in [0.05, 0.1) is 0 Å². The molecule has 0 heterocycles. The Balaban J connectivity index is 3.10. The summed E-state index contributed by atoms with van der Waals surface area (Å²) < 4.78 is 0. The lowest BCUT2D eigenvalue weighted by molar-refractivity contribution is 0.825. The van der Waals surface area contributed by atoms with Gasteiger partial charge in [0.2, 0.25) is 0 Å². The fourth-order valence-electron chi connectivity index (χ4n) is 0.411. The third-order valence-electron chi connectivity index (χ3n) is 1.00. The van der Waals surface area contributed by atoms with Crippen LogP contribution in [0.3, 0.4) is 0 Å². The molecule has 0 saturated heterocycles. The van der Waals surface area contributed by atoms with Crippen molar-refractivity contribution in [1.82, 2.24) is 0 Å². The summed E-state index contributed by atoms with van der Waals surface area (Å²) in [5, 5.41) is 0.299. The topological polar surface area (TPSA) is 0 Å². The Labute approximate surface area is 56.5 Å². The fourth-order valence-corrected chi connectivity index (χ4v) is 0.513. The first-order valence-corrected chi connectivity index (χ1v) is 3.33. The summed E-state index contributed by atoms with van der Waals surface area (Å²) in [6, 6.07) is 0. The zero-order valence-electron chi connectivity index (χ0n) is 5.23. The van der Waals surface area contributed by atoms with Crippen LogP contribution in [0.15, 0.2) is 12.2 Å². The molecule has 0 spiro atoms. The van der Waals surface area contributed by atoms with Crippen molar-refractivity contribution in [3.63, 3.8) is 0 Å². The Bertz CT molecular complexity index is 66.8. The number of hydrogen-bond acceptors (Lipinski definition) is 0. The van der Waals surface area contributed by atoms with Gasteiger partial charge in [-0.1, -0.05) is 19.1 Å². The van der Waals surface area contributed by atoms with Crippen LogP contribution in [-0.2, 0) is 0 Å². The van der Waals surface area contributed by atoms with Crippen LogP contribution in [0.5, 0.6) is 0 Å². The average molecular weight is 132 g/mol. The highest BCUT2D eigenvalue weighted by Crippen LogP contribution is 2.05. The summed E-state index contributed by atoms with van der Waals surface area (Å²) in [6.07, 6.45) is 5.75. The summed E-state index contributed by atoms with van der Waals surface area (Å²) >= 11 is 5.76. The summed E-state index contributed by atoms with van der Waals surface area (Å²) in [6.45, 7) is 5.63. The quantitative estimate of drug-likeness (QED) is 0.517. The normalized spacial score (nSPS) is 14.9. The van der Waals surface area contributed by atoms with E-state index in [-0.39, 0.29) is 0 Å². The molecule has 1 radical (unpaired) electrons. The average Bonchev–Trinajstić information content (AvgIpc) is 1.83. The lowest BCUT2D eigenvalue weighted by Gasteiger charge is -1.98. The number of rotatable bonds is 3. The molecular weight excluding hydrogens is 120 g/mol. The Morgan fingerprint density at radius 1 is 1.75 bits per heavy atom. The second kappa shape index (κ2) is 5.17. The van der Waals surface area contributed by atoms with Crippen LogP contribution in [0.2, 0.25) is 0 Å². The Hall–Kier alpha value is 0.0300. The first-order chi connectivity index (χ1) is 3.81. The summed E-state index contributed by atoms with van der Waals surface area (Å²) in [4.78, 5) is 0. The highest BCUT2D eigenvalue weighted by molar-refractivity contribution is 6.20. The predicted octanol–water partition coefficient (Wildman–Crippen LogP) is 2.78. The van der Waals surface area contributed by atoms with Gasteiger partial charge in [-0.15, -0.1) is 11.6 Å². The van der Waals surface area contributed by atoms with Crippen LogP contribution in [0, 0.1) is 6.92 Å². The van der Waals surface area contributed by atoms with Gasteiger partial charge in [-0.25, -0.2) is 0 Å². The lowest BCUT2D eigenvalue weighted by Crippen LogP contribution is -1.91. The van der Waals surface area contributed by atoms with E-state index < -0.39 is 0 Å². The molecular formula is C7H12Cl. The van der Waals surface area contributed by atoms with Gasteiger partial charge in [0, 0.05) is 5.38 Å². The number of halogens is 1. The van der Waals surface area contributed by atoms with Crippen LogP contribution in [0.4, 0.5) is 0 Å². The highest BCUT2D eigenvalue weighted by Gasteiger charge is 1.94. The van der Waals surface area contributed by atoms with Crippen LogP contribution < -0.4 is 0 Å². The minimum absolute atomic E-state index is 0.299. The largest absolute Gasteiger partial charge is 0.123 e. The van der Waals surface area contributed by atoms with Crippen molar-refractivity contribution in [2.75, 3.05) is 0 Å². The highest BCUT2D eigenvalue weighted by atomic mass is 35.5. The number of hydrogen-bond donors (Lipinski definition) is 0. The molecule has 0 aromatic heterocycles. The smallest absolute Gasteiger partial charge is 0.0367 e. The van der Waals surface area contributed by atoms with Crippen molar-refractivity contribution in [2.24, 2.45) is 0 Å². The molecule has 0 bridgehead atoms. The molecule has 0 aliphatic rings. The molecule has 0 rings (SSSR count). The van der Waals surface area contributed by atoms with Gasteiger partial charge in [-0.3, -0.25) is 0 Å².